The molecule has 0 saturated carbocycles. The summed E-state index contributed by atoms with van der Waals surface area (Å²) in [5.74, 6) is -0.00150. The van der Waals surface area contributed by atoms with Gasteiger partial charge in [0.1, 0.15) is 24.0 Å². The highest BCUT2D eigenvalue weighted by atomic mass is 16.5. The summed E-state index contributed by atoms with van der Waals surface area (Å²) in [5, 5.41) is 10.2. The number of para-hydroxylation sites is 1. The predicted octanol–water partition coefficient (Wildman–Crippen LogP) is 6.03. The normalized spacial score (nSPS) is 11.0. The van der Waals surface area contributed by atoms with Crippen LogP contribution in [0.4, 0.5) is 11.4 Å². The summed E-state index contributed by atoms with van der Waals surface area (Å²) in [5.41, 5.74) is 4.02. The second-order valence-electron chi connectivity index (χ2n) is 12.2. The lowest BCUT2D eigenvalue weighted by Crippen LogP contribution is -2.25. The van der Waals surface area contributed by atoms with Crippen molar-refractivity contribution in [3.63, 3.8) is 0 Å². The lowest BCUT2D eigenvalue weighted by atomic mass is 10.1. The molecule has 13 nitrogen and oxygen atoms in total. The molecule has 0 fully saturated rings. The Morgan fingerprint density at radius 2 is 1.57 bits per heavy atom. The molecule has 6 aromatic rings. The van der Waals surface area contributed by atoms with Crippen molar-refractivity contribution in [3.05, 3.63) is 136 Å². The van der Waals surface area contributed by atoms with Crippen LogP contribution in [0.25, 0.3) is 11.0 Å². The molecule has 0 unspecified atom stereocenters. The number of benzene rings is 4. The number of ether oxygens (including phenoxy) is 3. The number of nitrogens with zero attached hydrogens (tertiary/aromatic N) is 4. The van der Waals surface area contributed by atoms with Gasteiger partial charge in [0.2, 0.25) is 0 Å². The van der Waals surface area contributed by atoms with Gasteiger partial charge in [0.25, 0.3) is 11.8 Å². The van der Waals surface area contributed by atoms with Crippen molar-refractivity contribution < 1.29 is 28.2 Å². The maximum absolute atomic E-state index is 13.7. The Morgan fingerprint density at radius 3 is 2.28 bits per heavy atom. The van der Waals surface area contributed by atoms with Crippen LogP contribution in [0.3, 0.4) is 0 Å². The van der Waals surface area contributed by atoms with Crippen molar-refractivity contribution in [1.82, 2.24) is 19.7 Å². The zero-order valence-corrected chi connectivity index (χ0v) is 29.9. The number of fused-ring (bicyclic) bond motifs is 1. The summed E-state index contributed by atoms with van der Waals surface area (Å²) >= 11 is 0. The van der Waals surface area contributed by atoms with Gasteiger partial charge in [-0.1, -0.05) is 43.3 Å². The van der Waals surface area contributed by atoms with Crippen LogP contribution in [0.2, 0.25) is 0 Å². The summed E-state index contributed by atoms with van der Waals surface area (Å²) in [4.78, 5) is 46.0. The van der Waals surface area contributed by atoms with Gasteiger partial charge in [0, 0.05) is 36.5 Å². The van der Waals surface area contributed by atoms with Crippen molar-refractivity contribution in [2.24, 2.45) is 0 Å². The summed E-state index contributed by atoms with van der Waals surface area (Å²) in [6.07, 6.45) is 4.00. The van der Waals surface area contributed by atoms with Crippen molar-refractivity contribution in [3.8, 4) is 17.2 Å². The van der Waals surface area contributed by atoms with Gasteiger partial charge in [-0.3, -0.25) is 19.3 Å². The molecule has 2 heterocycles. The third kappa shape index (κ3) is 8.71. The number of carbonyl (C=O) groups is 2. The molecule has 0 saturated heterocycles. The number of anilines is 2. The number of likely N-dealkylation sites (N-methyl/N-ethyl adjacent to an activating group) is 1. The van der Waals surface area contributed by atoms with Gasteiger partial charge < -0.3 is 29.3 Å². The predicted molar refractivity (Wildman–Crippen MR) is 201 cm³/mol. The average Bonchev–Trinajstić information content (AvgIpc) is 3.70. The first-order valence-electron chi connectivity index (χ1n) is 17.0. The second kappa shape index (κ2) is 16.7. The Morgan fingerprint density at radius 1 is 0.830 bits per heavy atom. The molecule has 0 atom stereocenters. The maximum Gasteiger partial charge on any atom is 0.291 e. The minimum absolute atomic E-state index is 0.116. The SMILES string of the molecule is CCN(CCc1ccc(NC(=O)c2cc(OC)c(OC)cc2NC(=O)c2cc(=O)c3ccccc3o2)cc1)Cc1ccc(Cn2cncn2)c(OC)c1. The van der Waals surface area contributed by atoms with Crippen LogP contribution in [-0.4, -0.2) is 65.9 Å². The van der Waals surface area contributed by atoms with E-state index in [4.69, 9.17) is 18.6 Å². The van der Waals surface area contributed by atoms with Crippen LogP contribution in [0.15, 0.2) is 107 Å². The zero-order chi connectivity index (χ0) is 37.3. The standard InChI is InChI=1S/C40H40N6O7/c1-5-45(22-27-10-13-28(35(18-27)50-2)23-46-25-41-24-42-46)17-16-26-11-14-29(15-12-26)43-39(48)31-19-36(51-3)37(52-4)20-32(31)44-40(49)38-21-33(47)30-8-6-7-9-34(30)53-38/h6-15,18-21,24-25H,5,16-17,22-23H2,1-4H3,(H,43,48)(H,44,49). The van der Waals surface area contributed by atoms with Crippen LogP contribution in [0.5, 0.6) is 17.2 Å². The summed E-state index contributed by atoms with van der Waals surface area (Å²) in [7, 11) is 4.58. The first-order chi connectivity index (χ1) is 25.8. The number of amides is 2. The number of carbonyl (C=O) groups excluding carboxylic acids is 2. The van der Waals surface area contributed by atoms with E-state index in [2.05, 4.69) is 50.7 Å². The molecule has 2 aromatic heterocycles. The molecule has 0 radical (unpaired) electrons. The first-order valence-corrected chi connectivity index (χ1v) is 17.0. The van der Waals surface area contributed by atoms with Crippen molar-refractivity contribution in [2.75, 3.05) is 45.1 Å². The van der Waals surface area contributed by atoms with Gasteiger partial charge in [-0.15, -0.1) is 0 Å². The van der Waals surface area contributed by atoms with Gasteiger partial charge in [-0.2, -0.15) is 5.10 Å². The number of hydrogen-bond donors (Lipinski definition) is 2. The summed E-state index contributed by atoms with van der Waals surface area (Å²) < 4.78 is 24.0. The zero-order valence-electron chi connectivity index (χ0n) is 29.9. The number of aromatic nitrogens is 3. The minimum atomic E-state index is -0.709. The van der Waals surface area contributed by atoms with Crippen LogP contribution in [-0.2, 0) is 19.5 Å². The average molecular weight is 717 g/mol. The van der Waals surface area contributed by atoms with E-state index in [1.54, 1.807) is 42.4 Å². The van der Waals surface area contributed by atoms with Crippen molar-refractivity contribution >= 4 is 34.2 Å². The molecule has 4 aromatic carbocycles. The lowest BCUT2D eigenvalue weighted by molar-refractivity contribution is 0.0997. The van der Waals surface area contributed by atoms with Crippen LogP contribution in [0, 0.1) is 0 Å². The third-order valence-corrected chi connectivity index (χ3v) is 8.81. The van der Waals surface area contributed by atoms with E-state index >= 15 is 0 Å². The largest absolute Gasteiger partial charge is 0.496 e. The van der Waals surface area contributed by atoms with Gasteiger partial charge in [0.05, 0.1) is 44.5 Å². The van der Waals surface area contributed by atoms with Crippen LogP contribution < -0.4 is 30.3 Å². The second-order valence-corrected chi connectivity index (χ2v) is 12.2. The molecule has 53 heavy (non-hydrogen) atoms. The minimum Gasteiger partial charge on any atom is -0.496 e. The quantitative estimate of drug-likeness (QED) is 0.129. The monoisotopic (exact) mass is 716 g/mol. The molecule has 0 bridgehead atoms. The Kier molecular flexibility index (Phi) is 11.4. The van der Waals surface area contributed by atoms with Crippen LogP contribution >= 0.6 is 0 Å². The number of nitrogens with one attached hydrogen (secondary N) is 2. The number of methoxy groups -OCH3 is 3. The number of rotatable bonds is 15. The fraction of sp³-hybridized carbons (Fsp3) is 0.225. The molecule has 2 amide bonds. The van der Waals surface area contributed by atoms with E-state index in [1.807, 2.05) is 24.3 Å². The molecular formula is C40H40N6O7. The molecule has 0 aliphatic heterocycles. The molecule has 13 heteroatoms. The summed E-state index contributed by atoms with van der Waals surface area (Å²) in [6.45, 7) is 5.18. The van der Waals surface area contributed by atoms with Gasteiger partial charge in [-0.05, 0) is 60.5 Å². The highest BCUT2D eigenvalue weighted by molar-refractivity contribution is 6.12. The van der Waals surface area contributed by atoms with E-state index < -0.39 is 11.8 Å². The third-order valence-electron chi connectivity index (χ3n) is 8.81. The number of hydrogen-bond acceptors (Lipinski definition) is 10. The first kappa shape index (κ1) is 36.3. The topological polar surface area (TPSA) is 150 Å². The van der Waals surface area contributed by atoms with Crippen molar-refractivity contribution in [1.29, 1.82) is 0 Å². The van der Waals surface area contributed by atoms with Gasteiger partial charge >= 0.3 is 0 Å². The molecule has 0 spiro atoms. The highest BCUT2D eigenvalue weighted by Gasteiger charge is 2.21. The van der Waals surface area contributed by atoms with E-state index in [0.29, 0.717) is 29.1 Å². The Bertz CT molecular complexity index is 2270. The molecular weight excluding hydrogens is 676 g/mol. The molecule has 0 aliphatic carbocycles. The van der Waals surface area contributed by atoms with E-state index in [1.165, 1.54) is 32.7 Å². The van der Waals surface area contributed by atoms with E-state index in [-0.39, 0.29) is 28.0 Å². The Balaban J connectivity index is 1.11. The van der Waals surface area contributed by atoms with Gasteiger partial charge in [0.15, 0.2) is 22.7 Å². The highest BCUT2D eigenvalue weighted by Crippen LogP contribution is 2.34. The fourth-order valence-electron chi connectivity index (χ4n) is 5.92. The molecule has 272 valence electrons. The Labute approximate surface area is 306 Å². The molecule has 0 aliphatic rings. The fourth-order valence-corrected chi connectivity index (χ4v) is 5.92. The smallest absolute Gasteiger partial charge is 0.291 e. The molecule has 6 rings (SSSR count). The summed E-state index contributed by atoms with van der Waals surface area (Å²) in [6, 6.07) is 24.6. The van der Waals surface area contributed by atoms with Crippen LogP contribution in [0.1, 0.15) is 44.5 Å². The van der Waals surface area contributed by atoms with Crippen molar-refractivity contribution in [2.45, 2.75) is 26.4 Å². The van der Waals surface area contributed by atoms with E-state index in [9.17, 15) is 14.4 Å². The Hall–Kier alpha value is -6.47. The maximum atomic E-state index is 13.7. The molecule has 2 N–H and O–H groups in total. The lowest BCUT2D eigenvalue weighted by Gasteiger charge is -2.21. The van der Waals surface area contributed by atoms with E-state index in [0.717, 1.165) is 54.6 Å². The van der Waals surface area contributed by atoms with Gasteiger partial charge in [-0.25, -0.2) is 9.67 Å².